The summed E-state index contributed by atoms with van der Waals surface area (Å²) in [5.74, 6) is 0. The first-order valence-corrected chi connectivity index (χ1v) is 9.97. The van der Waals surface area contributed by atoms with Crippen molar-refractivity contribution in [3.05, 3.63) is 89.0 Å². The molecule has 0 spiro atoms. The molecule has 0 aliphatic heterocycles. The van der Waals surface area contributed by atoms with Crippen LogP contribution < -0.4 is 0 Å². The average molecular weight is 347 g/mol. The quantitative estimate of drug-likeness (QED) is 0.503. The first kappa shape index (κ1) is 17.8. The smallest absolute Gasteiger partial charge is 0.0128 e. The van der Waals surface area contributed by atoms with E-state index < -0.39 is 0 Å². The van der Waals surface area contributed by atoms with Crippen LogP contribution in [-0.2, 0) is 6.42 Å². The summed E-state index contributed by atoms with van der Waals surface area (Å²) in [6, 6.07) is 15.7. The monoisotopic (exact) mass is 346 g/mol. The molecule has 1 aliphatic carbocycles. The summed E-state index contributed by atoms with van der Waals surface area (Å²) in [6.45, 7) is 4.48. The van der Waals surface area contributed by atoms with Crippen molar-refractivity contribution in [2.45, 2.75) is 49.3 Å². The molecule has 1 aliphatic rings. The summed E-state index contributed by atoms with van der Waals surface area (Å²) in [7, 11) is 0. The summed E-state index contributed by atoms with van der Waals surface area (Å²) in [5.41, 5.74) is 5.53. The predicted octanol–water partition coefficient (Wildman–Crippen LogP) is 7.39. The van der Waals surface area contributed by atoms with E-state index in [-0.39, 0.29) is 0 Å². The Morgan fingerprint density at radius 2 is 1.92 bits per heavy atom. The van der Waals surface area contributed by atoms with Gasteiger partial charge >= 0.3 is 0 Å². The van der Waals surface area contributed by atoms with Gasteiger partial charge in [-0.2, -0.15) is 0 Å². The van der Waals surface area contributed by atoms with Crippen molar-refractivity contribution in [2.24, 2.45) is 0 Å². The van der Waals surface area contributed by atoms with Crippen molar-refractivity contribution in [3.63, 3.8) is 0 Å². The van der Waals surface area contributed by atoms with Crippen molar-refractivity contribution >= 4 is 17.8 Å². The van der Waals surface area contributed by atoms with E-state index in [1.807, 2.05) is 11.8 Å². The van der Waals surface area contributed by atoms with Gasteiger partial charge in [0.25, 0.3) is 0 Å². The second-order valence-corrected chi connectivity index (χ2v) is 7.72. The van der Waals surface area contributed by atoms with Gasteiger partial charge in [0.1, 0.15) is 0 Å². The molecule has 128 valence electrons. The van der Waals surface area contributed by atoms with Gasteiger partial charge in [-0.05, 0) is 72.7 Å². The van der Waals surface area contributed by atoms with E-state index in [1.165, 1.54) is 51.3 Å². The number of hydrogen-bond donors (Lipinski definition) is 0. The second-order valence-electron chi connectivity index (χ2n) is 6.57. The minimum absolute atomic E-state index is 1.05. The molecule has 0 radical (unpaired) electrons. The lowest BCUT2D eigenvalue weighted by Crippen LogP contribution is -1.89. The molecule has 0 atom stereocenters. The van der Waals surface area contributed by atoms with Crippen molar-refractivity contribution in [1.29, 1.82) is 0 Å². The lowest BCUT2D eigenvalue weighted by molar-refractivity contribution is 0.790. The molecule has 0 N–H and O–H groups in total. The molecule has 25 heavy (non-hydrogen) atoms. The molecular weight excluding hydrogens is 320 g/mol. The maximum Gasteiger partial charge on any atom is 0.0128 e. The minimum Gasteiger partial charge on any atom is -0.0901 e. The fourth-order valence-electron chi connectivity index (χ4n) is 2.99. The van der Waals surface area contributed by atoms with Crippen LogP contribution in [0, 0.1) is 6.92 Å². The van der Waals surface area contributed by atoms with E-state index in [0.717, 1.165) is 6.42 Å². The standard InChI is InChI=1S/C24H26S/c1-3-4-11-22-15-16-24(17-19(22)2)25-23-12-7-10-21(18-23)14-13-20-8-5-6-9-20/h5-8,10,12-18H,3-4,9,11H2,1-2H3/b14-13+. The molecule has 2 aromatic rings. The van der Waals surface area contributed by atoms with E-state index in [1.54, 1.807) is 0 Å². The fraction of sp³-hybridized carbons (Fsp3) is 0.250. The third-order valence-electron chi connectivity index (χ3n) is 4.50. The van der Waals surface area contributed by atoms with Gasteiger partial charge in [-0.3, -0.25) is 0 Å². The molecule has 0 heterocycles. The van der Waals surface area contributed by atoms with Gasteiger partial charge in [0.05, 0.1) is 0 Å². The molecule has 0 saturated carbocycles. The minimum atomic E-state index is 1.05. The van der Waals surface area contributed by atoms with Crippen LogP contribution in [0.15, 0.2) is 82.1 Å². The fourth-order valence-corrected chi connectivity index (χ4v) is 3.97. The van der Waals surface area contributed by atoms with Crippen molar-refractivity contribution in [1.82, 2.24) is 0 Å². The number of benzene rings is 2. The van der Waals surface area contributed by atoms with Crippen LogP contribution in [0.5, 0.6) is 0 Å². The summed E-state index contributed by atoms with van der Waals surface area (Å²) in [4.78, 5) is 2.61. The Balaban J connectivity index is 1.68. The molecule has 0 unspecified atom stereocenters. The number of hydrogen-bond acceptors (Lipinski definition) is 1. The van der Waals surface area contributed by atoms with Crippen molar-refractivity contribution in [3.8, 4) is 0 Å². The molecular formula is C24H26S. The van der Waals surface area contributed by atoms with Crippen LogP contribution >= 0.6 is 11.8 Å². The lowest BCUT2D eigenvalue weighted by Gasteiger charge is -2.08. The highest BCUT2D eigenvalue weighted by atomic mass is 32.2. The SMILES string of the molecule is CCCCc1ccc(Sc2cccc(/C=C/C3=CC=CC3)c2)cc1C. The highest BCUT2D eigenvalue weighted by Gasteiger charge is 2.03. The van der Waals surface area contributed by atoms with Crippen LogP contribution in [0.3, 0.4) is 0 Å². The Morgan fingerprint density at radius 1 is 1.04 bits per heavy atom. The summed E-state index contributed by atoms with van der Waals surface area (Å²) >= 11 is 1.85. The maximum atomic E-state index is 2.33. The Kier molecular flexibility index (Phi) is 6.36. The molecule has 2 aromatic carbocycles. The van der Waals surface area contributed by atoms with Gasteiger partial charge in [0.15, 0.2) is 0 Å². The highest BCUT2D eigenvalue weighted by Crippen LogP contribution is 2.30. The van der Waals surface area contributed by atoms with Crippen LogP contribution in [0.4, 0.5) is 0 Å². The maximum absolute atomic E-state index is 2.33. The van der Waals surface area contributed by atoms with Gasteiger partial charge < -0.3 is 0 Å². The second kappa shape index (κ2) is 8.92. The van der Waals surface area contributed by atoms with Crippen molar-refractivity contribution < 1.29 is 0 Å². The van der Waals surface area contributed by atoms with Gasteiger partial charge in [-0.25, -0.2) is 0 Å². The van der Waals surface area contributed by atoms with E-state index in [9.17, 15) is 0 Å². The molecule has 0 saturated heterocycles. The third-order valence-corrected chi connectivity index (χ3v) is 5.48. The molecule has 1 heteroatoms. The van der Waals surface area contributed by atoms with Crippen LogP contribution in [-0.4, -0.2) is 0 Å². The molecule has 3 rings (SSSR count). The van der Waals surface area contributed by atoms with E-state index >= 15 is 0 Å². The number of unbranched alkanes of at least 4 members (excludes halogenated alkanes) is 1. The Labute approximate surface area is 156 Å². The van der Waals surface area contributed by atoms with Gasteiger partial charge in [-0.1, -0.05) is 73.7 Å². The molecule has 0 bridgehead atoms. The van der Waals surface area contributed by atoms with Crippen LogP contribution in [0.1, 0.15) is 42.9 Å². The zero-order valence-corrected chi connectivity index (χ0v) is 16.0. The van der Waals surface area contributed by atoms with E-state index in [0.29, 0.717) is 0 Å². The third kappa shape index (κ3) is 5.24. The first-order chi connectivity index (χ1) is 12.2. The van der Waals surface area contributed by atoms with Crippen molar-refractivity contribution in [2.75, 3.05) is 0 Å². The van der Waals surface area contributed by atoms with E-state index in [2.05, 4.69) is 86.7 Å². The average Bonchev–Trinajstić information content (AvgIpc) is 3.13. The summed E-state index contributed by atoms with van der Waals surface area (Å²) < 4.78 is 0. The molecule has 0 fully saturated rings. The van der Waals surface area contributed by atoms with Gasteiger partial charge in [-0.15, -0.1) is 0 Å². The summed E-state index contributed by atoms with van der Waals surface area (Å²) in [5, 5.41) is 0. The largest absolute Gasteiger partial charge is 0.0901 e. The number of rotatable bonds is 7. The molecule has 0 amide bonds. The molecule has 0 aromatic heterocycles. The summed E-state index contributed by atoms with van der Waals surface area (Å²) in [6.07, 6.45) is 15.7. The molecule has 0 nitrogen and oxygen atoms in total. The Morgan fingerprint density at radius 3 is 2.68 bits per heavy atom. The van der Waals surface area contributed by atoms with Crippen LogP contribution in [0.25, 0.3) is 6.08 Å². The zero-order chi connectivity index (χ0) is 17.5. The Bertz CT molecular complexity index is 809. The van der Waals surface area contributed by atoms with Crippen LogP contribution in [0.2, 0.25) is 0 Å². The zero-order valence-electron chi connectivity index (χ0n) is 15.2. The predicted molar refractivity (Wildman–Crippen MR) is 111 cm³/mol. The lowest BCUT2D eigenvalue weighted by atomic mass is 10.0. The topological polar surface area (TPSA) is 0 Å². The van der Waals surface area contributed by atoms with E-state index in [4.69, 9.17) is 0 Å². The number of allylic oxidation sites excluding steroid dienone is 5. The normalized spacial score (nSPS) is 13.6. The number of aryl methyl sites for hydroxylation is 2. The Hall–Kier alpha value is -1.99. The highest BCUT2D eigenvalue weighted by molar-refractivity contribution is 7.99. The van der Waals surface area contributed by atoms with Gasteiger partial charge in [0.2, 0.25) is 0 Å². The first-order valence-electron chi connectivity index (χ1n) is 9.16. The van der Waals surface area contributed by atoms with Gasteiger partial charge in [0, 0.05) is 9.79 Å².